The van der Waals surface area contributed by atoms with E-state index in [1.54, 1.807) is 0 Å². The fourth-order valence-electron chi connectivity index (χ4n) is 9.44. The van der Waals surface area contributed by atoms with Gasteiger partial charge in [-0.05, 0) is 76.3 Å². The first-order valence-corrected chi connectivity index (χ1v) is 26.8. The van der Waals surface area contributed by atoms with Crippen LogP contribution in [-0.2, 0) is 9.59 Å². The summed E-state index contributed by atoms with van der Waals surface area (Å²) in [6.07, 6.45) is 45.5. The molecule has 350 valence electrons. The molecule has 1 saturated carbocycles. The molecule has 1 fully saturated rings. The average molecular weight is 832 g/mol. The van der Waals surface area contributed by atoms with Crippen molar-refractivity contribution >= 4 is 11.7 Å². The van der Waals surface area contributed by atoms with Gasteiger partial charge in [0.1, 0.15) is 5.78 Å². The average Bonchev–Trinajstić information content (AvgIpc) is 3.20. The van der Waals surface area contributed by atoms with Crippen molar-refractivity contribution in [2.24, 2.45) is 11.8 Å². The predicted molar refractivity (Wildman–Crippen MR) is 257 cm³/mol. The zero-order valence-electron chi connectivity index (χ0n) is 40.5. The lowest BCUT2D eigenvalue weighted by Crippen LogP contribution is -2.45. The molecule has 1 rings (SSSR count). The summed E-state index contributed by atoms with van der Waals surface area (Å²) >= 11 is 0. The van der Waals surface area contributed by atoms with E-state index in [0.29, 0.717) is 30.1 Å². The number of nitrogens with one attached hydrogen (secondary N) is 1. The van der Waals surface area contributed by atoms with E-state index in [4.69, 9.17) is 0 Å². The Balaban J connectivity index is 2.47. The van der Waals surface area contributed by atoms with Crippen molar-refractivity contribution in [3.05, 3.63) is 0 Å². The smallest absolute Gasteiger partial charge is 0.220 e. The molecule has 1 aliphatic carbocycles. The van der Waals surface area contributed by atoms with Crippen LogP contribution < -0.4 is 5.32 Å². The second kappa shape index (κ2) is 42.3. The minimum absolute atomic E-state index is 0.248. The summed E-state index contributed by atoms with van der Waals surface area (Å²) in [5.41, 5.74) is 0. The Kier molecular flexibility index (Phi) is 40.2. The van der Waals surface area contributed by atoms with Crippen LogP contribution in [0.4, 0.5) is 0 Å². The SMILES string of the molecule is CCCCCCCCC(CCCCCC)CC(=O)CCCCCCN(CCCCCNC(=O)CC(CCCCCC)CCCCCCCC)CCN(CCO)C1CCC1. The molecule has 2 N–H and O–H groups in total. The number of hydrogen-bond donors (Lipinski definition) is 2. The number of hydrogen-bond acceptors (Lipinski definition) is 5. The highest BCUT2D eigenvalue weighted by Crippen LogP contribution is 2.26. The Labute approximate surface area is 369 Å². The van der Waals surface area contributed by atoms with Crippen LogP contribution in [0.3, 0.4) is 0 Å². The third-order valence-electron chi connectivity index (χ3n) is 13.7. The maximum absolute atomic E-state index is 13.1. The van der Waals surface area contributed by atoms with Gasteiger partial charge in [-0.15, -0.1) is 0 Å². The zero-order chi connectivity index (χ0) is 42.9. The number of rotatable bonds is 47. The van der Waals surface area contributed by atoms with Gasteiger partial charge in [-0.2, -0.15) is 0 Å². The van der Waals surface area contributed by atoms with E-state index in [1.165, 1.54) is 193 Å². The van der Waals surface area contributed by atoms with Crippen molar-refractivity contribution in [2.45, 2.75) is 271 Å². The number of ketones is 1. The first-order chi connectivity index (χ1) is 29.0. The van der Waals surface area contributed by atoms with Crippen molar-refractivity contribution in [2.75, 3.05) is 45.9 Å². The molecule has 0 aromatic heterocycles. The molecule has 0 saturated heterocycles. The normalized spacial score (nSPS) is 14.3. The molecule has 0 radical (unpaired) electrons. The van der Waals surface area contributed by atoms with Crippen molar-refractivity contribution in [3.8, 4) is 0 Å². The van der Waals surface area contributed by atoms with Crippen molar-refractivity contribution in [3.63, 3.8) is 0 Å². The molecule has 1 aliphatic rings. The van der Waals surface area contributed by atoms with Gasteiger partial charge < -0.3 is 15.3 Å². The highest BCUT2D eigenvalue weighted by molar-refractivity contribution is 5.78. The van der Waals surface area contributed by atoms with E-state index >= 15 is 0 Å². The molecule has 0 aliphatic heterocycles. The molecule has 2 atom stereocenters. The van der Waals surface area contributed by atoms with Gasteiger partial charge in [-0.25, -0.2) is 0 Å². The third kappa shape index (κ3) is 34.2. The number of Topliss-reactive ketones (excluding diaryl/α,β-unsaturated/α-hetero) is 1. The molecule has 0 spiro atoms. The molecule has 0 aromatic carbocycles. The Morgan fingerprint density at radius 1 is 0.508 bits per heavy atom. The summed E-state index contributed by atoms with van der Waals surface area (Å²) in [7, 11) is 0. The minimum atomic E-state index is 0.248. The first-order valence-electron chi connectivity index (χ1n) is 26.8. The van der Waals surface area contributed by atoms with Crippen LogP contribution in [0.2, 0.25) is 0 Å². The minimum Gasteiger partial charge on any atom is -0.395 e. The Morgan fingerprint density at radius 3 is 1.44 bits per heavy atom. The Bertz CT molecular complexity index is 852. The number of carbonyl (C=O) groups excluding carboxylic acids is 2. The monoisotopic (exact) mass is 832 g/mol. The number of aliphatic hydroxyl groups is 1. The molecule has 0 bridgehead atoms. The topological polar surface area (TPSA) is 72.9 Å². The summed E-state index contributed by atoms with van der Waals surface area (Å²) in [6.45, 7) is 15.3. The zero-order valence-corrected chi connectivity index (χ0v) is 40.5. The Morgan fingerprint density at radius 2 is 0.949 bits per heavy atom. The quantitative estimate of drug-likeness (QED) is 0.0598. The standard InChI is InChI=1S/C53H105N3O3/c1-5-9-13-17-19-26-34-49(33-24-15-11-7-3)47-52(58)39-28-21-22-30-41-55(43-44-56(45-46-57)51-37-32-38-51)42-31-23-29-40-54-53(59)48-50(35-25-16-12-8-4)36-27-20-18-14-10-6-2/h49-51,57H,5-48H2,1-4H3,(H,54,59). The molecule has 0 heterocycles. The van der Waals surface area contributed by atoms with E-state index in [2.05, 4.69) is 42.8 Å². The number of aliphatic hydroxyl groups excluding tert-OH is 1. The van der Waals surface area contributed by atoms with E-state index < -0.39 is 0 Å². The highest BCUT2D eigenvalue weighted by atomic mass is 16.3. The summed E-state index contributed by atoms with van der Waals surface area (Å²) in [4.78, 5) is 31.3. The number of carbonyl (C=O) groups is 2. The lowest BCUT2D eigenvalue weighted by molar-refractivity contribution is -0.122. The highest BCUT2D eigenvalue weighted by Gasteiger charge is 2.24. The van der Waals surface area contributed by atoms with E-state index in [0.717, 1.165) is 77.8 Å². The molecular weight excluding hydrogens is 727 g/mol. The Hall–Kier alpha value is -0.980. The largest absolute Gasteiger partial charge is 0.395 e. The van der Waals surface area contributed by atoms with Crippen molar-refractivity contribution < 1.29 is 14.7 Å². The maximum Gasteiger partial charge on any atom is 0.220 e. The number of nitrogens with zero attached hydrogens (tertiary/aromatic N) is 2. The molecular formula is C53H105N3O3. The molecule has 0 aromatic rings. The fourth-order valence-corrected chi connectivity index (χ4v) is 9.44. The van der Waals surface area contributed by atoms with Gasteiger partial charge in [0.25, 0.3) is 0 Å². The van der Waals surface area contributed by atoms with E-state index in [-0.39, 0.29) is 12.5 Å². The van der Waals surface area contributed by atoms with Crippen LogP contribution in [0.5, 0.6) is 0 Å². The molecule has 6 heteroatoms. The van der Waals surface area contributed by atoms with Gasteiger partial charge in [-0.3, -0.25) is 14.5 Å². The second-order valence-corrected chi connectivity index (χ2v) is 19.3. The van der Waals surface area contributed by atoms with Crippen LogP contribution in [-0.4, -0.2) is 78.5 Å². The summed E-state index contributed by atoms with van der Waals surface area (Å²) < 4.78 is 0. The lowest BCUT2D eigenvalue weighted by atomic mass is 9.89. The van der Waals surface area contributed by atoms with Crippen LogP contribution in [0.15, 0.2) is 0 Å². The maximum atomic E-state index is 13.1. The lowest BCUT2D eigenvalue weighted by Gasteiger charge is -2.38. The summed E-state index contributed by atoms with van der Waals surface area (Å²) in [5, 5.41) is 13.0. The fraction of sp³-hybridized carbons (Fsp3) is 0.962. The van der Waals surface area contributed by atoms with Crippen molar-refractivity contribution in [1.29, 1.82) is 0 Å². The van der Waals surface area contributed by atoms with Gasteiger partial charge in [-0.1, -0.05) is 195 Å². The number of unbranched alkanes of at least 4 members (excludes halogenated alkanes) is 21. The van der Waals surface area contributed by atoms with Crippen molar-refractivity contribution in [1.82, 2.24) is 15.1 Å². The van der Waals surface area contributed by atoms with Gasteiger partial charge in [0.2, 0.25) is 5.91 Å². The third-order valence-corrected chi connectivity index (χ3v) is 13.7. The second-order valence-electron chi connectivity index (χ2n) is 19.3. The van der Waals surface area contributed by atoms with Crippen LogP contribution in [0, 0.1) is 11.8 Å². The van der Waals surface area contributed by atoms with E-state index in [9.17, 15) is 14.7 Å². The van der Waals surface area contributed by atoms with E-state index in [1.807, 2.05) is 0 Å². The van der Waals surface area contributed by atoms with Crippen LogP contribution in [0.1, 0.15) is 265 Å². The van der Waals surface area contributed by atoms with Crippen LogP contribution >= 0.6 is 0 Å². The molecule has 2 unspecified atom stereocenters. The summed E-state index contributed by atoms with van der Waals surface area (Å²) in [5.74, 6) is 1.95. The van der Waals surface area contributed by atoms with Gasteiger partial charge >= 0.3 is 0 Å². The molecule has 1 amide bonds. The van der Waals surface area contributed by atoms with Gasteiger partial charge in [0, 0.05) is 51.5 Å². The first kappa shape index (κ1) is 56.0. The van der Waals surface area contributed by atoms with Crippen LogP contribution in [0.25, 0.3) is 0 Å². The summed E-state index contributed by atoms with van der Waals surface area (Å²) in [6, 6.07) is 0.661. The van der Waals surface area contributed by atoms with Gasteiger partial charge in [0.15, 0.2) is 0 Å². The molecule has 6 nitrogen and oxygen atoms in total. The number of amides is 1. The molecule has 59 heavy (non-hydrogen) atoms. The predicted octanol–water partition coefficient (Wildman–Crippen LogP) is 14.4. The van der Waals surface area contributed by atoms with Gasteiger partial charge in [0.05, 0.1) is 6.61 Å².